The van der Waals surface area contributed by atoms with Gasteiger partial charge in [-0.25, -0.2) is 14.6 Å². The van der Waals surface area contributed by atoms with Crippen molar-refractivity contribution < 1.29 is 42.4 Å². The van der Waals surface area contributed by atoms with Crippen LogP contribution in [0.2, 0.25) is 0 Å². The number of hydrogen-bond donors (Lipinski definition) is 2. The van der Waals surface area contributed by atoms with Gasteiger partial charge in [0.05, 0.1) is 13.2 Å². The lowest BCUT2D eigenvalue weighted by Gasteiger charge is -2.18. The molecule has 0 saturated heterocycles. The second-order valence-corrected chi connectivity index (χ2v) is 3.82. The minimum atomic E-state index is -5.12. The maximum atomic E-state index is 13.0. The van der Waals surface area contributed by atoms with Crippen molar-refractivity contribution in [3.05, 3.63) is 16.8 Å². The van der Waals surface area contributed by atoms with E-state index < -0.39 is 46.6 Å². The van der Waals surface area contributed by atoms with Crippen molar-refractivity contribution in [2.75, 3.05) is 13.2 Å². The highest BCUT2D eigenvalue weighted by molar-refractivity contribution is 6.01. The molecule has 22 heavy (non-hydrogen) atoms. The third kappa shape index (κ3) is 3.38. The number of pyridine rings is 1. The van der Waals surface area contributed by atoms with Crippen molar-refractivity contribution in [3.63, 3.8) is 0 Å². The number of ether oxygens (including phenoxy) is 2. The van der Waals surface area contributed by atoms with Crippen LogP contribution in [0.1, 0.15) is 40.3 Å². The summed E-state index contributed by atoms with van der Waals surface area (Å²) < 4.78 is 48.6. The van der Waals surface area contributed by atoms with Gasteiger partial charge in [-0.15, -0.1) is 0 Å². The topological polar surface area (TPSA) is 106 Å². The highest BCUT2D eigenvalue weighted by Gasteiger charge is 2.42. The highest BCUT2D eigenvalue weighted by Crippen LogP contribution is 2.40. The molecule has 0 spiro atoms. The molecule has 1 aromatic rings. The smallest absolute Gasteiger partial charge is 0.434 e. The molecule has 0 amide bonds. The van der Waals surface area contributed by atoms with Gasteiger partial charge in [-0.05, 0) is 13.8 Å². The van der Waals surface area contributed by atoms with Gasteiger partial charge >= 0.3 is 18.1 Å². The van der Waals surface area contributed by atoms with Crippen LogP contribution in [0, 0.1) is 0 Å². The molecule has 0 unspecified atom stereocenters. The Hall–Kier alpha value is -2.52. The van der Waals surface area contributed by atoms with Crippen LogP contribution in [0.3, 0.4) is 0 Å². The van der Waals surface area contributed by atoms with Gasteiger partial charge < -0.3 is 19.7 Å². The number of aromatic carboxylic acids is 2. The van der Waals surface area contributed by atoms with Crippen molar-refractivity contribution in [2.24, 2.45) is 0 Å². The molecule has 1 aromatic heterocycles. The molecule has 7 nitrogen and oxygen atoms in total. The van der Waals surface area contributed by atoms with E-state index in [0.29, 0.717) is 0 Å². The number of halogens is 3. The van der Waals surface area contributed by atoms with E-state index in [4.69, 9.17) is 19.7 Å². The molecule has 0 radical (unpaired) electrons. The third-order valence-corrected chi connectivity index (χ3v) is 2.38. The number of rotatable bonds is 6. The summed E-state index contributed by atoms with van der Waals surface area (Å²) in [6.07, 6.45) is -5.12. The molecule has 0 fully saturated rings. The third-order valence-electron chi connectivity index (χ3n) is 2.38. The molecule has 10 heteroatoms. The number of hydrogen-bond acceptors (Lipinski definition) is 5. The maximum Gasteiger partial charge on any atom is 0.434 e. The Labute approximate surface area is 122 Å². The van der Waals surface area contributed by atoms with Gasteiger partial charge in [0.25, 0.3) is 0 Å². The zero-order valence-electron chi connectivity index (χ0n) is 11.5. The van der Waals surface area contributed by atoms with Crippen LogP contribution in [0.15, 0.2) is 0 Å². The fourth-order valence-electron chi connectivity index (χ4n) is 1.66. The summed E-state index contributed by atoms with van der Waals surface area (Å²) in [6.45, 7) is 2.37. The van der Waals surface area contributed by atoms with Crippen molar-refractivity contribution in [3.8, 4) is 11.6 Å². The Bertz CT molecular complexity index is 600. The van der Waals surface area contributed by atoms with Crippen LogP contribution in [0.4, 0.5) is 13.2 Å². The summed E-state index contributed by atoms with van der Waals surface area (Å²) in [5, 5.41) is 18.1. The fourth-order valence-corrected chi connectivity index (χ4v) is 1.66. The van der Waals surface area contributed by atoms with E-state index in [1.807, 2.05) is 0 Å². The first-order chi connectivity index (χ1) is 10.1. The fraction of sp³-hybridized carbons (Fsp3) is 0.417. The molecular weight excluding hydrogens is 311 g/mol. The van der Waals surface area contributed by atoms with Crippen LogP contribution in [-0.2, 0) is 6.18 Å². The SMILES string of the molecule is CCOc1nc(C(F)(F)F)c(C(=O)O)c(OCC)c1C(=O)O. The molecule has 0 aliphatic rings. The minimum Gasteiger partial charge on any atom is -0.492 e. The minimum absolute atomic E-state index is 0.164. The Morgan fingerprint density at radius 2 is 1.55 bits per heavy atom. The van der Waals surface area contributed by atoms with Gasteiger partial charge in [0, 0.05) is 0 Å². The van der Waals surface area contributed by atoms with Gasteiger partial charge in [0.1, 0.15) is 5.56 Å². The van der Waals surface area contributed by atoms with Gasteiger partial charge in [0.15, 0.2) is 17.0 Å². The van der Waals surface area contributed by atoms with Gasteiger partial charge in [-0.2, -0.15) is 13.2 Å². The lowest BCUT2D eigenvalue weighted by Crippen LogP contribution is -2.21. The van der Waals surface area contributed by atoms with Gasteiger partial charge in [-0.1, -0.05) is 0 Å². The second kappa shape index (κ2) is 6.50. The molecule has 0 saturated carbocycles. The first kappa shape index (κ1) is 17.5. The normalized spacial score (nSPS) is 11.1. The molecule has 2 N–H and O–H groups in total. The first-order valence-electron chi connectivity index (χ1n) is 6.02. The van der Waals surface area contributed by atoms with Crippen molar-refractivity contribution in [1.29, 1.82) is 0 Å². The number of carboxylic acid groups (broad SMARTS) is 2. The average molecular weight is 323 g/mol. The van der Waals surface area contributed by atoms with Crippen LogP contribution in [-0.4, -0.2) is 40.3 Å². The number of nitrogens with zero attached hydrogens (tertiary/aromatic N) is 1. The van der Waals surface area contributed by atoms with E-state index in [0.717, 1.165) is 0 Å². The van der Waals surface area contributed by atoms with Crippen molar-refractivity contribution in [1.82, 2.24) is 4.98 Å². The summed E-state index contributed by atoms with van der Waals surface area (Å²) >= 11 is 0. The molecule has 0 aromatic carbocycles. The van der Waals surface area contributed by atoms with Crippen LogP contribution >= 0.6 is 0 Å². The Balaban J connectivity index is 3.89. The largest absolute Gasteiger partial charge is 0.492 e. The van der Waals surface area contributed by atoms with E-state index in [2.05, 4.69) is 4.98 Å². The van der Waals surface area contributed by atoms with Crippen molar-refractivity contribution in [2.45, 2.75) is 20.0 Å². The number of carboxylic acids is 2. The highest BCUT2D eigenvalue weighted by atomic mass is 19.4. The molecule has 1 heterocycles. The molecule has 0 bridgehead atoms. The van der Waals surface area contributed by atoms with Crippen LogP contribution in [0.25, 0.3) is 0 Å². The molecular formula is C12H12F3NO6. The predicted molar refractivity (Wildman–Crippen MR) is 65.5 cm³/mol. The van der Waals surface area contributed by atoms with Crippen LogP contribution < -0.4 is 9.47 Å². The van der Waals surface area contributed by atoms with Crippen molar-refractivity contribution >= 4 is 11.9 Å². The maximum absolute atomic E-state index is 13.0. The summed E-state index contributed by atoms with van der Waals surface area (Å²) in [4.78, 5) is 25.4. The summed E-state index contributed by atoms with van der Waals surface area (Å²) in [5.41, 5.74) is -4.01. The number of carbonyl (C=O) groups is 2. The standard InChI is InChI=1S/C12H12F3NO6/c1-3-21-7-5(10(17)18)8(12(13,14)15)16-9(22-4-2)6(7)11(19)20/h3-4H2,1-2H3,(H,17,18)(H,19,20). The molecule has 1 rings (SSSR count). The number of aromatic nitrogens is 1. The van der Waals surface area contributed by atoms with Gasteiger partial charge in [-0.3, -0.25) is 0 Å². The second-order valence-electron chi connectivity index (χ2n) is 3.82. The van der Waals surface area contributed by atoms with E-state index >= 15 is 0 Å². The Morgan fingerprint density at radius 3 is 1.91 bits per heavy atom. The van der Waals surface area contributed by atoms with E-state index in [-0.39, 0.29) is 13.2 Å². The first-order valence-corrected chi connectivity index (χ1v) is 6.02. The van der Waals surface area contributed by atoms with E-state index in [1.165, 1.54) is 13.8 Å². The number of alkyl halides is 3. The Kier molecular flexibility index (Phi) is 5.18. The van der Waals surface area contributed by atoms with E-state index in [1.54, 1.807) is 0 Å². The van der Waals surface area contributed by atoms with Crippen LogP contribution in [0.5, 0.6) is 11.6 Å². The average Bonchev–Trinajstić information content (AvgIpc) is 2.36. The lowest BCUT2D eigenvalue weighted by atomic mass is 10.1. The zero-order chi connectivity index (χ0) is 17.1. The van der Waals surface area contributed by atoms with E-state index in [9.17, 15) is 22.8 Å². The summed E-state index contributed by atoms with van der Waals surface area (Å²) in [5.74, 6) is -5.51. The quantitative estimate of drug-likeness (QED) is 0.827. The summed E-state index contributed by atoms with van der Waals surface area (Å²) in [7, 11) is 0. The zero-order valence-corrected chi connectivity index (χ0v) is 11.5. The molecule has 0 aliphatic heterocycles. The Morgan fingerprint density at radius 1 is 1.05 bits per heavy atom. The lowest BCUT2D eigenvalue weighted by molar-refractivity contribution is -0.142. The predicted octanol–water partition coefficient (Wildman–Crippen LogP) is 2.29. The monoisotopic (exact) mass is 323 g/mol. The summed E-state index contributed by atoms with van der Waals surface area (Å²) in [6, 6.07) is 0. The molecule has 0 atom stereocenters. The van der Waals surface area contributed by atoms with Gasteiger partial charge in [0.2, 0.25) is 5.88 Å². The molecule has 122 valence electrons. The molecule has 0 aliphatic carbocycles.